The second kappa shape index (κ2) is 9.07. The van der Waals surface area contributed by atoms with Gasteiger partial charge >= 0.3 is 5.69 Å². The molecule has 4 aromatic rings. The molecule has 0 aliphatic carbocycles. The van der Waals surface area contributed by atoms with Crippen molar-refractivity contribution in [3.05, 3.63) is 74.7 Å². The highest BCUT2D eigenvalue weighted by molar-refractivity contribution is 7.98. The third-order valence-corrected chi connectivity index (χ3v) is 6.25. The molecule has 0 spiro atoms. The molecule has 8 nitrogen and oxygen atoms in total. The average molecular weight is 469 g/mol. The third kappa shape index (κ3) is 4.09. The molecule has 0 radical (unpaired) electrons. The lowest BCUT2D eigenvalue weighted by atomic mass is 10.2. The molecule has 0 aliphatic rings. The van der Waals surface area contributed by atoms with Crippen LogP contribution in [0.3, 0.4) is 0 Å². The summed E-state index contributed by atoms with van der Waals surface area (Å²) in [6.45, 7) is 0. The second-order valence-electron chi connectivity index (χ2n) is 7.21. The van der Waals surface area contributed by atoms with E-state index in [2.05, 4.69) is 9.97 Å². The minimum Gasteiger partial charge on any atom is -0.493 e. The number of halogens is 1. The number of hydrogen-bond acceptors (Lipinski definition) is 7. The lowest BCUT2D eigenvalue weighted by Crippen LogP contribution is -2.37. The van der Waals surface area contributed by atoms with Crippen molar-refractivity contribution in [2.24, 2.45) is 14.1 Å². The van der Waals surface area contributed by atoms with E-state index in [4.69, 9.17) is 9.47 Å². The van der Waals surface area contributed by atoms with Gasteiger partial charge in [0.1, 0.15) is 16.2 Å². The fraction of sp³-hybridized carbons (Fsp3) is 0.217. The van der Waals surface area contributed by atoms with Crippen molar-refractivity contribution in [3.63, 3.8) is 0 Å². The summed E-state index contributed by atoms with van der Waals surface area (Å²) in [5.74, 6) is 1.22. The fourth-order valence-electron chi connectivity index (χ4n) is 3.40. The zero-order valence-corrected chi connectivity index (χ0v) is 19.3. The molecule has 0 saturated carbocycles. The predicted octanol–water partition coefficient (Wildman–Crippen LogP) is 3.14. The number of ether oxygens (including phenoxy) is 2. The number of fused-ring (bicyclic) bond motifs is 1. The van der Waals surface area contributed by atoms with Gasteiger partial charge in [-0.2, -0.15) is 0 Å². The topological polar surface area (TPSA) is 88.2 Å². The van der Waals surface area contributed by atoms with Crippen LogP contribution in [0, 0.1) is 5.82 Å². The molecule has 0 atom stereocenters. The predicted molar refractivity (Wildman–Crippen MR) is 125 cm³/mol. The van der Waals surface area contributed by atoms with E-state index in [1.54, 1.807) is 43.4 Å². The van der Waals surface area contributed by atoms with Gasteiger partial charge in [-0.1, -0.05) is 18.2 Å². The zero-order valence-electron chi connectivity index (χ0n) is 18.5. The van der Waals surface area contributed by atoms with Gasteiger partial charge in [-0.15, -0.1) is 11.8 Å². The molecule has 0 amide bonds. The summed E-state index contributed by atoms with van der Waals surface area (Å²) >= 11 is 1.21. The SMILES string of the molecule is COc1ccc(-c2nc(SCc3ccccc3F)c3c(=O)n(C)c(=O)n(C)c3n2)cc1OC. The summed E-state index contributed by atoms with van der Waals surface area (Å²) in [5, 5.41) is 0.550. The number of methoxy groups -OCH3 is 2. The molecule has 2 aromatic heterocycles. The van der Waals surface area contributed by atoms with Crippen molar-refractivity contribution in [2.75, 3.05) is 14.2 Å². The standard InChI is InChI=1S/C23H21FN4O4S/c1-27-20-18(22(29)28(2)23(27)30)21(33-12-14-7-5-6-8-15(14)24)26-19(25-20)13-9-10-16(31-3)17(11-13)32-4/h5-11H,12H2,1-4H3. The highest BCUT2D eigenvalue weighted by Gasteiger charge is 2.19. The van der Waals surface area contributed by atoms with Crippen molar-refractivity contribution in [2.45, 2.75) is 10.8 Å². The largest absolute Gasteiger partial charge is 0.493 e. The first-order chi connectivity index (χ1) is 15.8. The Labute approximate surface area is 192 Å². The van der Waals surface area contributed by atoms with Crippen LogP contribution in [0.25, 0.3) is 22.4 Å². The number of nitrogens with zero attached hydrogens (tertiary/aromatic N) is 4. The fourth-order valence-corrected chi connectivity index (χ4v) is 4.40. The Morgan fingerprint density at radius 3 is 2.39 bits per heavy atom. The van der Waals surface area contributed by atoms with Crippen LogP contribution < -0.4 is 20.7 Å². The number of hydrogen-bond donors (Lipinski definition) is 0. The van der Waals surface area contributed by atoms with Crippen molar-refractivity contribution in [3.8, 4) is 22.9 Å². The smallest absolute Gasteiger partial charge is 0.332 e. The van der Waals surface area contributed by atoms with Gasteiger partial charge in [0.15, 0.2) is 23.0 Å². The van der Waals surface area contributed by atoms with Gasteiger partial charge in [0.05, 0.1) is 14.2 Å². The number of rotatable bonds is 6. The molecule has 2 aromatic carbocycles. The summed E-state index contributed by atoms with van der Waals surface area (Å²) in [6, 6.07) is 11.6. The number of thioether (sulfide) groups is 1. The lowest BCUT2D eigenvalue weighted by Gasteiger charge is -2.13. The monoisotopic (exact) mass is 468 g/mol. The highest BCUT2D eigenvalue weighted by Crippen LogP contribution is 2.33. The van der Waals surface area contributed by atoms with Crippen molar-refractivity contribution < 1.29 is 13.9 Å². The first kappa shape index (κ1) is 22.5. The number of benzene rings is 2. The molecule has 0 N–H and O–H groups in total. The zero-order chi connectivity index (χ0) is 23.7. The first-order valence-electron chi connectivity index (χ1n) is 9.92. The van der Waals surface area contributed by atoms with Gasteiger partial charge in [-0.05, 0) is 29.8 Å². The van der Waals surface area contributed by atoms with Gasteiger partial charge in [0.2, 0.25) is 0 Å². The quantitative estimate of drug-likeness (QED) is 0.317. The molecule has 0 fully saturated rings. The van der Waals surface area contributed by atoms with Crippen molar-refractivity contribution in [1.82, 2.24) is 19.1 Å². The Bertz CT molecular complexity index is 1480. The van der Waals surface area contributed by atoms with E-state index < -0.39 is 11.2 Å². The molecular weight excluding hydrogens is 447 g/mol. The summed E-state index contributed by atoms with van der Waals surface area (Å²) in [5.41, 5.74) is 0.260. The maximum Gasteiger partial charge on any atom is 0.332 e. The number of aromatic nitrogens is 4. The van der Waals surface area contributed by atoms with E-state index in [-0.39, 0.29) is 22.6 Å². The van der Waals surface area contributed by atoms with E-state index in [0.29, 0.717) is 33.5 Å². The van der Waals surface area contributed by atoms with Gasteiger partial charge in [0.25, 0.3) is 5.56 Å². The maximum absolute atomic E-state index is 14.2. The molecule has 4 rings (SSSR count). The highest BCUT2D eigenvalue weighted by atomic mass is 32.2. The molecular formula is C23H21FN4O4S. The Kier molecular flexibility index (Phi) is 6.19. The average Bonchev–Trinajstić information content (AvgIpc) is 2.84. The second-order valence-corrected chi connectivity index (χ2v) is 8.17. The van der Waals surface area contributed by atoms with Crippen molar-refractivity contribution in [1.29, 1.82) is 0 Å². The van der Waals surface area contributed by atoms with Crippen LogP contribution in [0.2, 0.25) is 0 Å². The van der Waals surface area contributed by atoms with Gasteiger partial charge in [0, 0.05) is 25.4 Å². The molecule has 0 saturated heterocycles. The molecule has 33 heavy (non-hydrogen) atoms. The van der Waals surface area contributed by atoms with Gasteiger partial charge in [-0.3, -0.25) is 13.9 Å². The Morgan fingerprint density at radius 1 is 0.970 bits per heavy atom. The summed E-state index contributed by atoms with van der Waals surface area (Å²) in [4.78, 5) is 34.7. The first-order valence-corrected chi connectivity index (χ1v) is 10.9. The molecule has 0 unspecified atom stereocenters. The Hall–Kier alpha value is -3.66. The molecule has 10 heteroatoms. The van der Waals surface area contributed by atoms with E-state index in [1.807, 2.05) is 0 Å². The lowest BCUT2D eigenvalue weighted by molar-refractivity contribution is 0.355. The summed E-state index contributed by atoms with van der Waals surface area (Å²) in [7, 11) is 6.00. The number of aryl methyl sites for hydroxylation is 1. The van der Waals surface area contributed by atoms with Crippen LogP contribution >= 0.6 is 11.8 Å². The van der Waals surface area contributed by atoms with Crippen LogP contribution in [-0.4, -0.2) is 33.3 Å². The Morgan fingerprint density at radius 2 is 1.70 bits per heavy atom. The minimum atomic E-state index is -0.511. The van der Waals surface area contributed by atoms with Gasteiger partial charge < -0.3 is 9.47 Å². The van der Waals surface area contributed by atoms with E-state index >= 15 is 0 Å². The van der Waals surface area contributed by atoms with Crippen molar-refractivity contribution >= 4 is 22.8 Å². The minimum absolute atomic E-state index is 0.193. The van der Waals surface area contributed by atoms with Crippen LogP contribution in [0.1, 0.15) is 5.56 Å². The summed E-state index contributed by atoms with van der Waals surface area (Å²) in [6.07, 6.45) is 0. The van der Waals surface area contributed by atoms with Crippen LogP contribution in [0.15, 0.2) is 57.1 Å². The van der Waals surface area contributed by atoms with E-state index in [9.17, 15) is 14.0 Å². The molecule has 0 aliphatic heterocycles. The molecule has 170 valence electrons. The maximum atomic E-state index is 14.2. The Balaban J connectivity index is 1.94. The molecule has 2 heterocycles. The van der Waals surface area contributed by atoms with Crippen LogP contribution in [0.5, 0.6) is 11.5 Å². The molecule has 0 bridgehead atoms. The summed E-state index contributed by atoms with van der Waals surface area (Å²) < 4.78 is 27.2. The van der Waals surface area contributed by atoms with Gasteiger partial charge in [-0.25, -0.2) is 19.2 Å². The van der Waals surface area contributed by atoms with Crippen LogP contribution in [-0.2, 0) is 19.8 Å². The van der Waals surface area contributed by atoms with E-state index in [1.165, 1.54) is 43.7 Å². The normalized spacial score (nSPS) is 11.1. The third-order valence-electron chi connectivity index (χ3n) is 5.23. The van der Waals surface area contributed by atoms with E-state index in [0.717, 1.165) is 4.57 Å². The van der Waals surface area contributed by atoms with Crippen LogP contribution in [0.4, 0.5) is 4.39 Å².